The first kappa shape index (κ1) is 17.8. The number of methoxy groups -OCH3 is 2. The second-order valence-electron chi connectivity index (χ2n) is 5.57. The fourth-order valence-electron chi connectivity index (χ4n) is 2.90. The molecule has 1 heterocycles. The Morgan fingerprint density at radius 1 is 1.17 bits per heavy atom. The topological polar surface area (TPSA) is 105 Å². The molecule has 128 valence electrons. The lowest BCUT2D eigenvalue weighted by molar-refractivity contribution is -0.269. The van der Waals surface area contributed by atoms with Crippen molar-refractivity contribution in [1.29, 1.82) is 0 Å². The Bertz CT molecular complexity index is 534. The van der Waals surface area contributed by atoms with Gasteiger partial charge in [0.05, 0.1) is 13.2 Å². The fraction of sp³-hybridized carbons (Fsp3) is 0.562. The minimum Gasteiger partial charge on any atom is -0.467 e. The third kappa shape index (κ3) is 2.98. The molecule has 7 nitrogen and oxygen atoms in total. The van der Waals surface area contributed by atoms with Crippen LogP contribution >= 0.6 is 0 Å². The first-order chi connectivity index (χ1) is 10.9. The van der Waals surface area contributed by atoms with Crippen molar-refractivity contribution in [2.45, 2.75) is 43.0 Å². The van der Waals surface area contributed by atoms with Gasteiger partial charge in [-0.2, -0.15) is 0 Å². The predicted molar refractivity (Wildman–Crippen MR) is 79.5 cm³/mol. The summed E-state index contributed by atoms with van der Waals surface area (Å²) in [4.78, 5) is 12.3. The molecule has 1 fully saturated rings. The van der Waals surface area contributed by atoms with Gasteiger partial charge in [0.25, 0.3) is 0 Å². The molecule has 0 amide bonds. The summed E-state index contributed by atoms with van der Waals surface area (Å²) in [6.07, 6.45) is -5.66. The Labute approximate surface area is 134 Å². The Morgan fingerprint density at radius 3 is 2.30 bits per heavy atom. The Balaban J connectivity index is 2.49. The summed E-state index contributed by atoms with van der Waals surface area (Å²) >= 11 is 0. The van der Waals surface area contributed by atoms with E-state index in [1.165, 1.54) is 19.2 Å². The molecule has 1 aromatic rings. The normalized spacial score (nSPS) is 33.7. The highest BCUT2D eigenvalue weighted by Gasteiger charge is 2.57. The van der Waals surface area contributed by atoms with E-state index < -0.39 is 42.1 Å². The SMILES string of the molecule is COC(=O)[C@@](O)(c1ccccc1)[C@H]1O[C@H](C)[C@@H](O)[C@@H](OC)[C@@H]1O. The molecule has 0 aromatic heterocycles. The first-order valence-electron chi connectivity index (χ1n) is 7.28. The zero-order valence-corrected chi connectivity index (χ0v) is 13.2. The van der Waals surface area contributed by atoms with E-state index in [9.17, 15) is 20.1 Å². The van der Waals surface area contributed by atoms with Crippen molar-refractivity contribution < 1.29 is 34.3 Å². The minimum atomic E-state index is -2.24. The standard InChI is InChI=1S/C16H22O7/c1-9-11(17)13(21-2)12(18)14(23-9)16(20,15(19)22-3)10-7-5-4-6-8-10/h4-9,11-14,17-18,20H,1-3H3/t9-,11-,12+,13-,14+,16-/m1/s1. The maximum absolute atomic E-state index is 12.3. The van der Waals surface area contributed by atoms with E-state index in [4.69, 9.17) is 14.2 Å². The molecule has 0 radical (unpaired) electrons. The average Bonchev–Trinajstić information content (AvgIpc) is 2.58. The predicted octanol–water partition coefficient (Wildman–Crippen LogP) is -0.429. The van der Waals surface area contributed by atoms with Crippen LogP contribution in [-0.4, -0.2) is 66.0 Å². The summed E-state index contributed by atoms with van der Waals surface area (Å²) in [5, 5.41) is 31.6. The number of carbonyl (C=O) groups excluding carboxylic acids is 1. The van der Waals surface area contributed by atoms with Crippen LogP contribution in [0.5, 0.6) is 0 Å². The summed E-state index contributed by atoms with van der Waals surface area (Å²) in [7, 11) is 2.46. The van der Waals surface area contributed by atoms with Gasteiger partial charge < -0.3 is 29.5 Å². The largest absolute Gasteiger partial charge is 0.467 e. The minimum absolute atomic E-state index is 0.217. The van der Waals surface area contributed by atoms with Crippen LogP contribution in [0.4, 0.5) is 0 Å². The lowest BCUT2D eigenvalue weighted by Gasteiger charge is -2.46. The summed E-state index contributed by atoms with van der Waals surface area (Å²) < 4.78 is 15.4. The molecule has 23 heavy (non-hydrogen) atoms. The highest BCUT2D eigenvalue weighted by atomic mass is 16.6. The molecular weight excluding hydrogens is 304 g/mol. The van der Waals surface area contributed by atoms with Crippen molar-refractivity contribution in [3.63, 3.8) is 0 Å². The molecule has 6 atom stereocenters. The lowest BCUT2D eigenvalue weighted by Crippen LogP contribution is -2.65. The molecule has 2 rings (SSSR count). The number of aliphatic hydroxyl groups is 3. The number of rotatable bonds is 4. The van der Waals surface area contributed by atoms with E-state index in [2.05, 4.69) is 0 Å². The van der Waals surface area contributed by atoms with Gasteiger partial charge in [-0.05, 0) is 12.5 Å². The Kier molecular flexibility index (Phi) is 5.38. The van der Waals surface area contributed by atoms with Crippen LogP contribution in [0.25, 0.3) is 0 Å². The quantitative estimate of drug-likeness (QED) is 0.645. The lowest BCUT2D eigenvalue weighted by atomic mass is 9.80. The van der Waals surface area contributed by atoms with Crippen molar-refractivity contribution in [2.75, 3.05) is 14.2 Å². The van der Waals surface area contributed by atoms with Crippen LogP contribution in [0.1, 0.15) is 12.5 Å². The number of ether oxygens (including phenoxy) is 3. The molecule has 0 bridgehead atoms. The zero-order chi connectivity index (χ0) is 17.2. The number of hydrogen-bond acceptors (Lipinski definition) is 7. The number of hydrogen-bond donors (Lipinski definition) is 3. The van der Waals surface area contributed by atoms with E-state index in [1.807, 2.05) is 0 Å². The molecule has 7 heteroatoms. The van der Waals surface area contributed by atoms with Gasteiger partial charge in [-0.3, -0.25) is 0 Å². The maximum atomic E-state index is 12.3. The molecule has 3 N–H and O–H groups in total. The average molecular weight is 326 g/mol. The maximum Gasteiger partial charge on any atom is 0.345 e. The highest BCUT2D eigenvalue weighted by Crippen LogP contribution is 2.36. The van der Waals surface area contributed by atoms with E-state index >= 15 is 0 Å². The fourth-order valence-corrected chi connectivity index (χ4v) is 2.90. The zero-order valence-electron chi connectivity index (χ0n) is 13.2. The number of benzene rings is 1. The van der Waals surface area contributed by atoms with Gasteiger partial charge in [0.2, 0.25) is 5.60 Å². The third-order valence-corrected chi connectivity index (χ3v) is 4.22. The summed E-state index contributed by atoms with van der Waals surface area (Å²) in [5.74, 6) is -0.966. The van der Waals surface area contributed by atoms with Gasteiger partial charge >= 0.3 is 5.97 Å². The molecule has 0 aliphatic carbocycles. The van der Waals surface area contributed by atoms with Gasteiger partial charge in [-0.1, -0.05) is 30.3 Å². The number of aliphatic hydroxyl groups excluding tert-OH is 2. The molecule has 0 unspecified atom stereocenters. The van der Waals surface area contributed by atoms with E-state index in [-0.39, 0.29) is 5.56 Å². The Hall–Kier alpha value is -1.51. The van der Waals surface area contributed by atoms with E-state index in [0.717, 1.165) is 7.11 Å². The van der Waals surface area contributed by atoms with Crippen LogP contribution in [-0.2, 0) is 24.6 Å². The van der Waals surface area contributed by atoms with Crippen molar-refractivity contribution in [3.8, 4) is 0 Å². The van der Waals surface area contributed by atoms with E-state index in [1.54, 1.807) is 25.1 Å². The molecule has 1 aliphatic rings. The molecule has 0 saturated carbocycles. The molecular formula is C16H22O7. The molecule has 1 aliphatic heterocycles. The van der Waals surface area contributed by atoms with Crippen molar-refractivity contribution >= 4 is 5.97 Å². The third-order valence-electron chi connectivity index (χ3n) is 4.22. The van der Waals surface area contributed by atoms with Crippen LogP contribution in [0, 0.1) is 0 Å². The molecule has 1 aromatic carbocycles. The molecule has 0 spiro atoms. The smallest absolute Gasteiger partial charge is 0.345 e. The number of esters is 1. The van der Waals surface area contributed by atoms with Crippen LogP contribution in [0.15, 0.2) is 30.3 Å². The monoisotopic (exact) mass is 326 g/mol. The van der Waals surface area contributed by atoms with Gasteiger partial charge in [0.1, 0.15) is 24.4 Å². The molecule has 1 saturated heterocycles. The summed E-state index contributed by atoms with van der Waals surface area (Å²) in [5.41, 5.74) is -2.02. The van der Waals surface area contributed by atoms with Crippen LogP contribution < -0.4 is 0 Å². The second-order valence-corrected chi connectivity index (χ2v) is 5.57. The van der Waals surface area contributed by atoms with Gasteiger partial charge in [-0.15, -0.1) is 0 Å². The summed E-state index contributed by atoms with van der Waals surface area (Å²) in [6.45, 7) is 1.57. The van der Waals surface area contributed by atoms with Crippen molar-refractivity contribution in [3.05, 3.63) is 35.9 Å². The summed E-state index contributed by atoms with van der Waals surface area (Å²) in [6, 6.07) is 8.08. The van der Waals surface area contributed by atoms with Crippen molar-refractivity contribution in [2.24, 2.45) is 0 Å². The second kappa shape index (κ2) is 6.94. The van der Waals surface area contributed by atoms with Crippen molar-refractivity contribution in [1.82, 2.24) is 0 Å². The highest BCUT2D eigenvalue weighted by molar-refractivity contribution is 5.82. The van der Waals surface area contributed by atoms with Gasteiger partial charge in [-0.25, -0.2) is 4.79 Å². The van der Waals surface area contributed by atoms with Gasteiger partial charge in [0.15, 0.2) is 0 Å². The van der Waals surface area contributed by atoms with E-state index in [0.29, 0.717) is 0 Å². The van der Waals surface area contributed by atoms with Gasteiger partial charge in [0, 0.05) is 7.11 Å². The van der Waals surface area contributed by atoms with Crippen LogP contribution in [0.2, 0.25) is 0 Å². The Morgan fingerprint density at radius 2 is 1.78 bits per heavy atom. The number of carbonyl (C=O) groups is 1. The van der Waals surface area contributed by atoms with Crippen LogP contribution in [0.3, 0.4) is 0 Å². The first-order valence-corrected chi connectivity index (χ1v) is 7.28.